The van der Waals surface area contributed by atoms with Gasteiger partial charge in [-0.15, -0.1) is 0 Å². The highest BCUT2D eigenvalue weighted by molar-refractivity contribution is 5.74. The molecular weight excluding hydrogens is 266 g/mol. The van der Waals surface area contributed by atoms with Crippen LogP contribution in [0.3, 0.4) is 0 Å². The van der Waals surface area contributed by atoms with Crippen LogP contribution in [0.1, 0.15) is 77.6 Å². The van der Waals surface area contributed by atoms with E-state index in [0.29, 0.717) is 13.0 Å². The lowest BCUT2D eigenvalue weighted by Gasteiger charge is -2.20. The molecule has 1 fully saturated rings. The van der Waals surface area contributed by atoms with Gasteiger partial charge in [-0.25, -0.2) is 0 Å². The van der Waals surface area contributed by atoms with Gasteiger partial charge in [0.15, 0.2) is 0 Å². The number of nitrogens with zero attached hydrogens (tertiary/aromatic N) is 1. The lowest BCUT2D eigenvalue weighted by Crippen LogP contribution is -2.36. The first-order valence-corrected chi connectivity index (χ1v) is 8.80. The van der Waals surface area contributed by atoms with Gasteiger partial charge >= 0.3 is 5.97 Å². The fraction of sp³-hybridized carbons (Fsp3) is 0.941. The predicted octanol–water partition coefficient (Wildman–Crippen LogP) is 3.43. The molecule has 0 aromatic rings. The van der Waals surface area contributed by atoms with E-state index in [1.54, 1.807) is 0 Å². The van der Waals surface area contributed by atoms with E-state index in [1.165, 1.54) is 57.8 Å². The van der Waals surface area contributed by atoms with Crippen LogP contribution in [0, 0.1) is 0 Å². The maximum absolute atomic E-state index is 11.1. The summed E-state index contributed by atoms with van der Waals surface area (Å²) in [6.45, 7) is 3.58. The normalized spacial score (nSPS) is 22.8. The summed E-state index contributed by atoms with van der Waals surface area (Å²) in [6, 6.07) is -0.474. The number of carbonyl (C=O) groups is 1. The van der Waals surface area contributed by atoms with Gasteiger partial charge in [-0.3, -0.25) is 9.69 Å². The third-order valence-corrected chi connectivity index (χ3v) is 4.47. The van der Waals surface area contributed by atoms with Crippen molar-refractivity contribution in [1.29, 1.82) is 0 Å². The molecule has 0 aliphatic carbocycles. The zero-order valence-corrected chi connectivity index (χ0v) is 13.6. The lowest BCUT2D eigenvalue weighted by atomic mass is 10.1. The average Bonchev–Trinajstić information content (AvgIpc) is 2.82. The highest BCUT2D eigenvalue weighted by atomic mass is 16.4. The van der Waals surface area contributed by atoms with Crippen molar-refractivity contribution in [3.05, 3.63) is 0 Å². The number of unbranched alkanes of at least 4 members (excludes halogenated alkanes) is 9. The van der Waals surface area contributed by atoms with Crippen molar-refractivity contribution in [1.82, 2.24) is 4.90 Å². The first-order chi connectivity index (χ1) is 10.1. The molecule has 0 radical (unpaired) electrons. The van der Waals surface area contributed by atoms with Crippen LogP contribution in [-0.4, -0.2) is 46.3 Å². The van der Waals surface area contributed by atoms with Gasteiger partial charge in [-0.1, -0.05) is 64.7 Å². The average molecular weight is 299 g/mol. The number of hydrogen-bond acceptors (Lipinski definition) is 3. The van der Waals surface area contributed by atoms with E-state index in [9.17, 15) is 9.90 Å². The van der Waals surface area contributed by atoms with Crippen LogP contribution in [0.4, 0.5) is 0 Å². The minimum absolute atomic E-state index is 0.382. The molecule has 1 aliphatic heterocycles. The Kier molecular flexibility index (Phi) is 9.68. The van der Waals surface area contributed by atoms with Crippen molar-refractivity contribution in [2.45, 2.75) is 89.7 Å². The molecular formula is C17H33NO3. The molecule has 1 heterocycles. The molecule has 0 spiro atoms. The number of β-amino-alcohol motifs (C(OH)–C–C–N with tert-alkyl or cyclic N) is 1. The van der Waals surface area contributed by atoms with Crippen molar-refractivity contribution >= 4 is 5.97 Å². The van der Waals surface area contributed by atoms with E-state index in [1.807, 2.05) is 4.90 Å². The summed E-state index contributed by atoms with van der Waals surface area (Å²) in [5.41, 5.74) is 0. The molecule has 0 unspecified atom stereocenters. The van der Waals surface area contributed by atoms with E-state index < -0.39 is 18.1 Å². The lowest BCUT2D eigenvalue weighted by molar-refractivity contribution is -0.142. The van der Waals surface area contributed by atoms with Crippen LogP contribution in [0.25, 0.3) is 0 Å². The maximum atomic E-state index is 11.1. The van der Waals surface area contributed by atoms with Gasteiger partial charge in [0.1, 0.15) is 6.04 Å². The van der Waals surface area contributed by atoms with Crippen molar-refractivity contribution in [2.24, 2.45) is 0 Å². The molecule has 2 N–H and O–H groups in total. The summed E-state index contributed by atoms with van der Waals surface area (Å²) in [4.78, 5) is 13.0. The zero-order valence-electron chi connectivity index (χ0n) is 13.6. The van der Waals surface area contributed by atoms with Gasteiger partial charge in [0, 0.05) is 13.0 Å². The second kappa shape index (κ2) is 11.0. The Morgan fingerprint density at radius 3 is 2.05 bits per heavy atom. The van der Waals surface area contributed by atoms with Gasteiger partial charge < -0.3 is 10.2 Å². The van der Waals surface area contributed by atoms with Crippen LogP contribution in [0.15, 0.2) is 0 Å². The number of aliphatic hydroxyl groups excluding tert-OH is 1. The predicted molar refractivity (Wildman–Crippen MR) is 85.5 cm³/mol. The Labute approximate surface area is 129 Å². The molecule has 4 nitrogen and oxygen atoms in total. The number of carboxylic acid groups (broad SMARTS) is 1. The number of likely N-dealkylation sites (tertiary alicyclic amines) is 1. The SMILES string of the molecule is CCCCCCCCCCCCN1C[C@H](O)C[C@H]1C(=O)O. The summed E-state index contributed by atoms with van der Waals surface area (Å²) < 4.78 is 0. The Hall–Kier alpha value is -0.610. The number of hydrogen-bond donors (Lipinski definition) is 2. The van der Waals surface area contributed by atoms with E-state index >= 15 is 0 Å². The standard InChI is InChI=1S/C17H33NO3/c1-2-3-4-5-6-7-8-9-10-11-12-18-14-15(19)13-16(18)17(20)21/h15-16,19H,2-14H2,1H3,(H,20,21)/t15-,16+/m1/s1. The molecule has 1 rings (SSSR count). The van der Waals surface area contributed by atoms with E-state index in [2.05, 4.69) is 6.92 Å². The van der Waals surface area contributed by atoms with E-state index in [-0.39, 0.29) is 0 Å². The van der Waals surface area contributed by atoms with Gasteiger partial charge in [0.2, 0.25) is 0 Å². The molecule has 0 aromatic heterocycles. The Bertz CT molecular complexity index is 283. The first kappa shape index (κ1) is 18.4. The third-order valence-electron chi connectivity index (χ3n) is 4.47. The van der Waals surface area contributed by atoms with E-state index in [0.717, 1.165) is 13.0 Å². The summed E-state index contributed by atoms with van der Waals surface area (Å²) in [5.74, 6) is -0.793. The summed E-state index contributed by atoms with van der Waals surface area (Å²) in [6.07, 6.45) is 12.8. The van der Waals surface area contributed by atoms with Crippen LogP contribution in [0.2, 0.25) is 0 Å². The van der Waals surface area contributed by atoms with Gasteiger partial charge in [0.25, 0.3) is 0 Å². The van der Waals surface area contributed by atoms with Gasteiger partial charge in [-0.2, -0.15) is 0 Å². The first-order valence-electron chi connectivity index (χ1n) is 8.80. The molecule has 21 heavy (non-hydrogen) atoms. The minimum atomic E-state index is -0.793. The number of aliphatic carboxylic acids is 1. The summed E-state index contributed by atoms with van der Waals surface area (Å²) in [5, 5.41) is 18.7. The van der Waals surface area contributed by atoms with Gasteiger partial charge in [0.05, 0.1) is 6.10 Å². The molecule has 1 aliphatic rings. The molecule has 2 atom stereocenters. The molecule has 124 valence electrons. The quantitative estimate of drug-likeness (QED) is 0.542. The zero-order chi connectivity index (χ0) is 15.5. The fourth-order valence-corrected chi connectivity index (χ4v) is 3.19. The highest BCUT2D eigenvalue weighted by Gasteiger charge is 2.35. The molecule has 1 saturated heterocycles. The Morgan fingerprint density at radius 1 is 1.00 bits per heavy atom. The van der Waals surface area contributed by atoms with Gasteiger partial charge in [-0.05, 0) is 13.0 Å². The van der Waals surface area contributed by atoms with Crippen LogP contribution >= 0.6 is 0 Å². The van der Waals surface area contributed by atoms with Crippen molar-refractivity contribution < 1.29 is 15.0 Å². The Balaban J connectivity index is 1.95. The molecule has 0 bridgehead atoms. The monoisotopic (exact) mass is 299 g/mol. The smallest absolute Gasteiger partial charge is 0.321 e. The maximum Gasteiger partial charge on any atom is 0.321 e. The highest BCUT2D eigenvalue weighted by Crippen LogP contribution is 2.19. The van der Waals surface area contributed by atoms with Crippen molar-refractivity contribution in [3.8, 4) is 0 Å². The molecule has 4 heteroatoms. The number of aliphatic hydroxyl groups is 1. The third kappa shape index (κ3) is 7.82. The minimum Gasteiger partial charge on any atom is -0.480 e. The van der Waals surface area contributed by atoms with Crippen molar-refractivity contribution in [2.75, 3.05) is 13.1 Å². The largest absolute Gasteiger partial charge is 0.480 e. The Morgan fingerprint density at radius 2 is 1.52 bits per heavy atom. The van der Waals surface area contributed by atoms with Crippen LogP contribution in [-0.2, 0) is 4.79 Å². The van der Waals surface area contributed by atoms with Crippen LogP contribution < -0.4 is 0 Å². The number of carboxylic acids is 1. The second-order valence-electron chi connectivity index (χ2n) is 6.42. The fourth-order valence-electron chi connectivity index (χ4n) is 3.19. The molecule has 0 saturated carbocycles. The summed E-state index contributed by atoms with van der Waals surface area (Å²) >= 11 is 0. The van der Waals surface area contributed by atoms with Crippen LogP contribution in [0.5, 0.6) is 0 Å². The topological polar surface area (TPSA) is 60.8 Å². The molecule has 0 aromatic carbocycles. The van der Waals surface area contributed by atoms with E-state index in [4.69, 9.17) is 5.11 Å². The van der Waals surface area contributed by atoms with Crippen molar-refractivity contribution in [3.63, 3.8) is 0 Å². The number of rotatable bonds is 12. The molecule has 0 amide bonds. The second-order valence-corrected chi connectivity index (χ2v) is 6.42. The summed E-state index contributed by atoms with van der Waals surface area (Å²) in [7, 11) is 0.